The quantitative estimate of drug-likeness (QED) is 0.0222. The number of carbonyl (C=O) groups excluding carboxylic acids is 4. The van der Waals surface area contributed by atoms with Gasteiger partial charge in [-0.3, -0.25) is 37.3 Å². The van der Waals surface area contributed by atoms with E-state index in [1.807, 2.05) is 0 Å². The van der Waals surface area contributed by atoms with Crippen LogP contribution in [0, 0.1) is 11.8 Å². The molecule has 0 radical (unpaired) electrons. The van der Waals surface area contributed by atoms with Gasteiger partial charge in [-0.25, -0.2) is 9.13 Å². The lowest BCUT2D eigenvalue weighted by atomic mass is 10.0. The minimum atomic E-state index is -4.95. The number of hydrogen-bond acceptors (Lipinski definition) is 15. The average Bonchev–Trinajstić information content (AvgIpc) is 3.70. The Hall–Kier alpha value is -1.94. The fourth-order valence-corrected chi connectivity index (χ4v) is 11.8. The van der Waals surface area contributed by atoms with E-state index in [0.29, 0.717) is 25.7 Å². The minimum absolute atomic E-state index is 0.104. The van der Waals surface area contributed by atoms with E-state index in [-0.39, 0.29) is 25.7 Å². The van der Waals surface area contributed by atoms with Crippen LogP contribution in [0.4, 0.5) is 0 Å². The molecule has 0 aromatic carbocycles. The van der Waals surface area contributed by atoms with Gasteiger partial charge < -0.3 is 33.8 Å². The van der Waals surface area contributed by atoms with Gasteiger partial charge in [-0.1, -0.05) is 292 Å². The first-order valence-corrected chi connectivity index (χ1v) is 38.5. The molecule has 0 fully saturated rings. The molecule has 0 aromatic heterocycles. The van der Waals surface area contributed by atoms with Crippen molar-refractivity contribution in [3.05, 3.63) is 0 Å². The maximum Gasteiger partial charge on any atom is 0.472 e. The Bertz CT molecular complexity index is 1700. The Kier molecular flexibility index (Phi) is 59.0. The number of phosphoric acid groups is 2. The van der Waals surface area contributed by atoms with Crippen LogP contribution >= 0.6 is 15.6 Å². The van der Waals surface area contributed by atoms with Gasteiger partial charge in [0.05, 0.1) is 26.4 Å². The number of unbranched alkanes of at least 4 members (excludes halogenated alkanes) is 37. The summed E-state index contributed by atoms with van der Waals surface area (Å²) in [7, 11) is -9.88. The number of rotatable bonds is 67. The normalized spacial score (nSPS) is 14.2. The van der Waals surface area contributed by atoms with Gasteiger partial charge in [-0.15, -0.1) is 0 Å². The molecule has 87 heavy (non-hydrogen) atoms. The first-order chi connectivity index (χ1) is 41.9. The molecule has 0 heterocycles. The second-order valence-corrected chi connectivity index (χ2v) is 28.4. The number of aliphatic hydroxyl groups excluding tert-OH is 1. The molecule has 0 aliphatic carbocycles. The van der Waals surface area contributed by atoms with Gasteiger partial charge in [0.1, 0.15) is 19.3 Å². The maximum absolute atomic E-state index is 13.0. The summed E-state index contributed by atoms with van der Waals surface area (Å²) in [6, 6.07) is 0. The van der Waals surface area contributed by atoms with Crippen molar-refractivity contribution in [2.75, 3.05) is 39.6 Å². The lowest BCUT2D eigenvalue weighted by Gasteiger charge is -2.21. The second kappa shape index (κ2) is 60.3. The molecular formula is C68H132O17P2. The predicted octanol–water partition coefficient (Wildman–Crippen LogP) is 19.2. The van der Waals surface area contributed by atoms with Crippen LogP contribution < -0.4 is 0 Å². The van der Waals surface area contributed by atoms with Crippen molar-refractivity contribution >= 4 is 39.5 Å². The molecule has 17 nitrogen and oxygen atoms in total. The Balaban J connectivity index is 5.13. The van der Waals surface area contributed by atoms with Crippen molar-refractivity contribution in [3.8, 4) is 0 Å². The summed E-state index contributed by atoms with van der Waals surface area (Å²) in [5.41, 5.74) is 0. The van der Waals surface area contributed by atoms with Gasteiger partial charge >= 0.3 is 39.5 Å². The second-order valence-electron chi connectivity index (χ2n) is 25.5. The minimum Gasteiger partial charge on any atom is -0.462 e. The SMILES string of the molecule is CCCCCCCCCCC(=O)O[C@H](COC(=O)CCCCCCC)COP(=O)(O)OC[C@H](O)COP(=O)(O)OC[C@@H](COC(=O)CCCCCCCCCCCCCCCC(C)C)OC(=O)CCCCCCCCCCCCCCCCCC(C)C. The van der Waals surface area contributed by atoms with E-state index in [9.17, 15) is 43.2 Å². The van der Waals surface area contributed by atoms with E-state index in [4.69, 9.17) is 37.0 Å². The van der Waals surface area contributed by atoms with Crippen LogP contribution in [0.3, 0.4) is 0 Å². The van der Waals surface area contributed by atoms with Crippen molar-refractivity contribution < 1.29 is 80.2 Å². The summed E-state index contributed by atoms with van der Waals surface area (Å²) in [5.74, 6) is -0.547. The molecule has 0 bridgehead atoms. The van der Waals surface area contributed by atoms with Crippen LogP contribution in [0.25, 0.3) is 0 Å². The first kappa shape index (κ1) is 85.1. The largest absolute Gasteiger partial charge is 0.472 e. The van der Waals surface area contributed by atoms with Crippen molar-refractivity contribution in [3.63, 3.8) is 0 Å². The number of aliphatic hydroxyl groups is 1. The van der Waals surface area contributed by atoms with Gasteiger partial charge in [0, 0.05) is 25.7 Å². The van der Waals surface area contributed by atoms with Crippen LogP contribution in [-0.4, -0.2) is 96.7 Å². The fraction of sp³-hybridized carbons (Fsp3) is 0.941. The summed E-state index contributed by atoms with van der Waals surface area (Å²) in [5, 5.41) is 10.5. The average molecular weight is 1280 g/mol. The van der Waals surface area contributed by atoms with E-state index >= 15 is 0 Å². The third-order valence-corrected chi connectivity index (χ3v) is 17.6. The van der Waals surface area contributed by atoms with Crippen LogP contribution in [0.2, 0.25) is 0 Å². The number of esters is 4. The van der Waals surface area contributed by atoms with E-state index < -0.39 is 97.5 Å². The van der Waals surface area contributed by atoms with Crippen LogP contribution in [-0.2, 0) is 65.4 Å². The summed E-state index contributed by atoms with van der Waals surface area (Å²) < 4.78 is 67.9. The lowest BCUT2D eigenvalue weighted by molar-refractivity contribution is -0.161. The standard InChI is InChI=1S/C68H132O17P2/c1-7-9-11-13-14-33-40-46-52-67(72)84-63(56-78-65(70)50-44-36-12-10-8-2)58-82-86(74,75)80-54-62(69)55-81-87(76,77)83-59-64(57-79-66(71)51-45-39-34-29-25-22-18-20-24-28-32-38-43-49-61(5)6)85-68(73)53-47-41-35-30-26-21-17-15-16-19-23-27-31-37-42-48-60(3)4/h60-64,69H,7-59H2,1-6H3,(H,74,75)(H,76,77)/t62-,63+,64+/m0/s1. The van der Waals surface area contributed by atoms with Gasteiger partial charge in [-0.05, 0) is 37.5 Å². The highest BCUT2D eigenvalue weighted by molar-refractivity contribution is 7.47. The molecule has 0 amide bonds. The summed E-state index contributed by atoms with van der Waals surface area (Å²) in [6.45, 7) is 9.46. The Labute approximate surface area is 530 Å². The highest BCUT2D eigenvalue weighted by Crippen LogP contribution is 2.45. The molecule has 0 rings (SSSR count). The molecule has 0 aliphatic heterocycles. The van der Waals surface area contributed by atoms with Crippen molar-refractivity contribution in [2.24, 2.45) is 11.8 Å². The molecule has 516 valence electrons. The van der Waals surface area contributed by atoms with E-state index in [0.717, 1.165) is 115 Å². The highest BCUT2D eigenvalue weighted by atomic mass is 31.2. The molecule has 2 unspecified atom stereocenters. The van der Waals surface area contributed by atoms with E-state index in [1.54, 1.807) is 0 Å². The summed E-state index contributed by atoms with van der Waals surface area (Å²) in [4.78, 5) is 72.1. The zero-order chi connectivity index (χ0) is 64.3. The third-order valence-electron chi connectivity index (χ3n) is 15.7. The van der Waals surface area contributed by atoms with Gasteiger partial charge in [0.2, 0.25) is 0 Å². The van der Waals surface area contributed by atoms with E-state index in [2.05, 4.69) is 41.5 Å². The predicted molar refractivity (Wildman–Crippen MR) is 349 cm³/mol. The van der Waals surface area contributed by atoms with Gasteiger partial charge in [0.25, 0.3) is 0 Å². The molecule has 5 atom stereocenters. The van der Waals surface area contributed by atoms with Crippen molar-refractivity contribution in [1.82, 2.24) is 0 Å². The van der Waals surface area contributed by atoms with Crippen molar-refractivity contribution in [1.29, 1.82) is 0 Å². The van der Waals surface area contributed by atoms with Crippen LogP contribution in [0.5, 0.6) is 0 Å². The topological polar surface area (TPSA) is 237 Å². The van der Waals surface area contributed by atoms with Crippen molar-refractivity contribution in [2.45, 2.75) is 362 Å². The fourth-order valence-electron chi connectivity index (χ4n) is 10.2. The molecule has 0 saturated heterocycles. The zero-order valence-electron chi connectivity index (χ0n) is 56.3. The summed E-state index contributed by atoms with van der Waals surface area (Å²) in [6.07, 6.45) is 44.9. The zero-order valence-corrected chi connectivity index (χ0v) is 58.1. The molecule has 3 N–H and O–H groups in total. The number of carbonyl (C=O) groups is 4. The molecule has 19 heteroatoms. The van der Waals surface area contributed by atoms with E-state index in [1.165, 1.54) is 148 Å². The first-order valence-electron chi connectivity index (χ1n) is 35.5. The molecule has 0 spiro atoms. The van der Waals surface area contributed by atoms with Gasteiger partial charge in [-0.2, -0.15) is 0 Å². The summed E-state index contributed by atoms with van der Waals surface area (Å²) >= 11 is 0. The third kappa shape index (κ3) is 62.6. The van der Waals surface area contributed by atoms with Crippen LogP contribution in [0.15, 0.2) is 0 Å². The Morgan fingerprint density at radius 1 is 0.310 bits per heavy atom. The number of ether oxygens (including phenoxy) is 4. The monoisotopic (exact) mass is 1280 g/mol. The number of hydrogen-bond donors (Lipinski definition) is 3. The molecular weight excluding hydrogens is 1150 g/mol. The highest BCUT2D eigenvalue weighted by Gasteiger charge is 2.30. The van der Waals surface area contributed by atoms with Crippen LogP contribution in [0.1, 0.15) is 343 Å². The Morgan fingerprint density at radius 2 is 0.529 bits per heavy atom. The molecule has 0 saturated carbocycles. The molecule has 0 aliphatic rings. The smallest absolute Gasteiger partial charge is 0.462 e. The van der Waals surface area contributed by atoms with Gasteiger partial charge in [0.15, 0.2) is 12.2 Å². The maximum atomic E-state index is 13.0. The molecule has 0 aromatic rings. The lowest BCUT2D eigenvalue weighted by Crippen LogP contribution is -2.30. The number of phosphoric ester groups is 2. The Morgan fingerprint density at radius 3 is 0.782 bits per heavy atom.